The van der Waals surface area contributed by atoms with Crippen LogP contribution in [0.1, 0.15) is 25.0 Å². The largest absolute Gasteiger partial charge is 0.467 e. The van der Waals surface area contributed by atoms with Gasteiger partial charge < -0.3 is 9.32 Å². The second-order valence-electron chi connectivity index (χ2n) is 6.46. The van der Waals surface area contributed by atoms with Gasteiger partial charge in [0.2, 0.25) is 0 Å². The standard InChI is InChI=1S/C19H23N5OS/c1-2-10-23(11-3-1)12-14-26-19-22-21-18(16-6-8-20-9-7-16)24(19)15-17-5-4-13-25-17/h4-9,13H,1-3,10-12,14-15H2. The lowest BCUT2D eigenvalue weighted by Gasteiger charge is -2.25. The fourth-order valence-electron chi connectivity index (χ4n) is 3.26. The average molecular weight is 369 g/mol. The minimum Gasteiger partial charge on any atom is -0.467 e. The van der Waals surface area contributed by atoms with Gasteiger partial charge in [-0.25, -0.2) is 0 Å². The van der Waals surface area contributed by atoms with Gasteiger partial charge in [0.15, 0.2) is 11.0 Å². The maximum atomic E-state index is 5.55. The minimum absolute atomic E-state index is 0.629. The summed E-state index contributed by atoms with van der Waals surface area (Å²) >= 11 is 1.77. The van der Waals surface area contributed by atoms with Crippen molar-refractivity contribution in [3.05, 3.63) is 48.7 Å². The molecule has 0 atom stereocenters. The van der Waals surface area contributed by atoms with Gasteiger partial charge >= 0.3 is 0 Å². The first kappa shape index (κ1) is 17.3. The molecule has 0 bridgehead atoms. The molecular weight excluding hydrogens is 346 g/mol. The zero-order valence-electron chi connectivity index (χ0n) is 14.8. The van der Waals surface area contributed by atoms with Gasteiger partial charge in [0.05, 0.1) is 12.8 Å². The van der Waals surface area contributed by atoms with E-state index >= 15 is 0 Å². The van der Waals surface area contributed by atoms with Crippen molar-refractivity contribution in [2.24, 2.45) is 0 Å². The van der Waals surface area contributed by atoms with Crippen molar-refractivity contribution < 1.29 is 4.42 Å². The molecule has 1 aliphatic rings. The van der Waals surface area contributed by atoms with Gasteiger partial charge in [-0.15, -0.1) is 10.2 Å². The highest BCUT2D eigenvalue weighted by Crippen LogP contribution is 2.25. The van der Waals surface area contributed by atoms with Crippen molar-refractivity contribution in [2.45, 2.75) is 31.0 Å². The molecule has 0 aromatic carbocycles. The smallest absolute Gasteiger partial charge is 0.191 e. The zero-order valence-corrected chi connectivity index (χ0v) is 15.6. The Morgan fingerprint density at radius 1 is 1.04 bits per heavy atom. The van der Waals surface area contributed by atoms with Gasteiger partial charge in [0.25, 0.3) is 0 Å². The molecule has 1 aliphatic heterocycles. The maximum absolute atomic E-state index is 5.55. The summed E-state index contributed by atoms with van der Waals surface area (Å²) in [6.45, 7) is 4.18. The first-order chi connectivity index (χ1) is 12.9. The number of pyridine rings is 1. The van der Waals surface area contributed by atoms with Crippen LogP contribution in [-0.2, 0) is 6.54 Å². The molecule has 0 N–H and O–H groups in total. The van der Waals surface area contributed by atoms with Crippen LogP contribution in [0.15, 0.2) is 52.5 Å². The van der Waals surface area contributed by atoms with Gasteiger partial charge in [-0.05, 0) is 50.2 Å². The number of furan rings is 1. The number of hydrogen-bond donors (Lipinski definition) is 0. The van der Waals surface area contributed by atoms with Crippen LogP contribution in [0.25, 0.3) is 11.4 Å². The Labute approximate surface area is 157 Å². The van der Waals surface area contributed by atoms with Crippen LogP contribution in [0.4, 0.5) is 0 Å². The molecule has 0 amide bonds. The predicted octanol–water partition coefficient (Wildman–Crippen LogP) is 3.56. The van der Waals surface area contributed by atoms with Crippen LogP contribution < -0.4 is 0 Å². The van der Waals surface area contributed by atoms with Crippen LogP contribution in [0.2, 0.25) is 0 Å². The lowest BCUT2D eigenvalue weighted by atomic mass is 10.1. The summed E-state index contributed by atoms with van der Waals surface area (Å²) in [4.78, 5) is 6.65. The molecule has 3 aromatic heterocycles. The van der Waals surface area contributed by atoms with Crippen molar-refractivity contribution in [1.29, 1.82) is 0 Å². The van der Waals surface area contributed by atoms with Gasteiger partial charge in [-0.3, -0.25) is 9.55 Å². The maximum Gasteiger partial charge on any atom is 0.191 e. The zero-order chi connectivity index (χ0) is 17.6. The fraction of sp³-hybridized carbons (Fsp3) is 0.421. The van der Waals surface area contributed by atoms with Gasteiger partial charge in [-0.1, -0.05) is 18.2 Å². The van der Waals surface area contributed by atoms with E-state index in [0.717, 1.165) is 34.6 Å². The number of aromatic nitrogens is 4. The second-order valence-corrected chi connectivity index (χ2v) is 7.52. The fourth-order valence-corrected chi connectivity index (χ4v) is 4.20. The number of rotatable bonds is 7. The van der Waals surface area contributed by atoms with E-state index in [-0.39, 0.29) is 0 Å². The molecule has 26 heavy (non-hydrogen) atoms. The third kappa shape index (κ3) is 4.16. The molecule has 0 saturated carbocycles. The van der Waals surface area contributed by atoms with Crippen molar-refractivity contribution in [2.75, 3.05) is 25.4 Å². The second kappa shape index (κ2) is 8.51. The van der Waals surface area contributed by atoms with Crippen LogP contribution in [-0.4, -0.2) is 50.0 Å². The first-order valence-electron chi connectivity index (χ1n) is 9.11. The summed E-state index contributed by atoms with van der Waals surface area (Å²) in [7, 11) is 0. The van der Waals surface area contributed by atoms with Gasteiger partial charge in [0.1, 0.15) is 5.76 Å². The molecular formula is C19H23N5OS. The number of hydrogen-bond acceptors (Lipinski definition) is 6. The lowest BCUT2D eigenvalue weighted by Crippen LogP contribution is -2.31. The van der Waals surface area contributed by atoms with Crippen molar-refractivity contribution in [1.82, 2.24) is 24.6 Å². The first-order valence-corrected chi connectivity index (χ1v) is 10.1. The van der Waals surface area contributed by atoms with E-state index in [1.54, 1.807) is 30.4 Å². The Bertz CT molecular complexity index is 797. The molecule has 7 heteroatoms. The molecule has 1 fully saturated rings. The van der Waals surface area contributed by atoms with Crippen LogP contribution in [0.3, 0.4) is 0 Å². The normalized spacial score (nSPS) is 15.4. The van der Waals surface area contributed by atoms with E-state index in [1.807, 2.05) is 24.3 Å². The highest BCUT2D eigenvalue weighted by molar-refractivity contribution is 7.99. The van der Waals surface area contributed by atoms with Crippen LogP contribution in [0, 0.1) is 0 Å². The molecule has 6 nitrogen and oxygen atoms in total. The Hall–Kier alpha value is -2.12. The van der Waals surface area contributed by atoms with E-state index in [0.29, 0.717) is 6.54 Å². The molecule has 136 valence electrons. The van der Waals surface area contributed by atoms with E-state index in [4.69, 9.17) is 4.42 Å². The van der Waals surface area contributed by atoms with Crippen molar-refractivity contribution in [3.8, 4) is 11.4 Å². The van der Waals surface area contributed by atoms with E-state index in [2.05, 4.69) is 24.6 Å². The Balaban J connectivity index is 1.50. The predicted molar refractivity (Wildman–Crippen MR) is 102 cm³/mol. The number of likely N-dealkylation sites (tertiary alicyclic amines) is 1. The summed E-state index contributed by atoms with van der Waals surface area (Å²) in [5.41, 5.74) is 1.02. The summed E-state index contributed by atoms with van der Waals surface area (Å²) in [5.74, 6) is 2.77. The van der Waals surface area contributed by atoms with E-state index < -0.39 is 0 Å². The molecule has 1 saturated heterocycles. The average Bonchev–Trinajstić information content (AvgIpc) is 3.34. The van der Waals surface area contributed by atoms with Crippen molar-refractivity contribution in [3.63, 3.8) is 0 Å². The lowest BCUT2D eigenvalue weighted by molar-refractivity contribution is 0.242. The van der Waals surface area contributed by atoms with Gasteiger partial charge in [0, 0.05) is 30.3 Å². The minimum atomic E-state index is 0.629. The molecule has 0 aliphatic carbocycles. The third-order valence-corrected chi connectivity index (χ3v) is 5.58. The third-order valence-electron chi connectivity index (χ3n) is 4.64. The van der Waals surface area contributed by atoms with Gasteiger partial charge in [-0.2, -0.15) is 0 Å². The summed E-state index contributed by atoms with van der Waals surface area (Å²) in [6, 6.07) is 7.82. The molecule has 0 spiro atoms. The molecule has 3 aromatic rings. The Morgan fingerprint density at radius 2 is 1.88 bits per heavy atom. The number of piperidine rings is 1. The van der Waals surface area contributed by atoms with Crippen molar-refractivity contribution >= 4 is 11.8 Å². The SMILES string of the molecule is c1coc(Cn2c(SCCN3CCCCC3)nnc2-c2ccncc2)c1. The van der Waals surface area contributed by atoms with E-state index in [9.17, 15) is 0 Å². The highest BCUT2D eigenvalue weighted by Gasteiger charge is 2.16. The highest BCUT2D eigenvalue weighted by atomic mass is 32.2. The quantitative estimate of drug-likeness (QED) is 0.594. The summed E-state index contributed by atoms with van der Waals surface area (Å²) in [6.07, 6.45) is 9.29. The Kier molecular flexibility index (Phi) is 5.66. The summed E-state index contributed by atoms with van der Waals surface area (Å²) in [5, 5.41) is 9.83. The van der Waals surface area contributed by atoms with E-state index in [1.165, 1.54) is 32.4 Å². The van der Waals surface area contributed by atoms with Crippen LogP contribution >= 0.6 is 11.8 Å². The monoisotopic (exact) mass is 369 g/mol. The molecule has 0 radical (unpaired) electrons. The molecule has 0 unspecified atom stereocenters. The molecule has 4 heterocycles. The number of nitrogens with zero attached hydrogens (tertiary/aromatic N) is 5. The van der Waals surface area contributed by atoms with Crippen LogP contribution in [0.5, 0.6) is 0 Å². The number of thioether (sulfide) groups is 1. The topological polar surface area (TPSA) is 60.0 Å². The summed E-state index contributed by atoms with van der Waals surface area (Å²) < 4.78 is 7.68. The Morgan fingerprint density at radius 3 is 2.65 bits per heavy atom. The molecule has 4 rings (SSSR count).